The van der Waals surface area contributed by atoms with Gasteiger partial charge in [0.05, 0.1) is 4.90 Å². The lowest BCUT2D eigenvalue weighted by Gasteiger charge is -2.28. The fraction of sp³-hybridized carbons (Fsp3) is 0.300. The molecule has 6 nitrogen and oxygen atoms in total. The van der Waals surface area contributed by atoms with Crippen LogP contribution in [-0.2, 0) is 29.4 Å². The second-order valence-corrected chi connectivity index (χ2v) is 8.61. The number of aryl methyl sites for hydroxylation is 2. The van der Waals surface area contributed by atoms with Gasteiger partial charge >= 0.3 is 0 Å². The molecule has 2 heterocycles. The van der Waals surface area contributed by atoms with Crippen molar-refractivity contribution in [1.29, 1.82) is 0 Å². The number of rotatable bonds is 4. The van der Waals surface area contributed by atoms with E-state index in [2.05, 4.69) is 16.2 Å². The largest absolute Gasteiger partial charge is 0.339 e. The summed E-state index contributed by atoms with van der Waals surface area (Å²) in [6.45, 7) is 4.61. The molecule has 0 fully saturated rings. The maximum absolute atomic E-state index is 13.3. The minimum absolute atomic E-state index is 0.294. The molecule has 0 saturated carbocycles. The van der Waals surface area contributed by atoms with Crippen LogP contribution in [0.1, 0.15) is 29.5 Å². The second-order valence-electron chi connectivity index (χ2n) is 6.70. The Hall–Kier alpha value is -2.51. The zero-order valence-corrected chi connectivity index (χ0v) is 16.2. The molecule has 0 N–H and O–H groups in total. The number of sulfonamides is 1. The van der Waals surface area contributed by atoms with Crippen LogP contribution in [0.25, 0.3) is 11.4 Å². The van der Waals surface area contributed by atoms with Crippen molar-refractivity contribution in [2.75, 3.05) is 6.54 Å². The average molecular weight is 383 g/mol. The highest BCUT2D eigenvalue weighted by Crippen LogP contribution is 2.29. The van der Waals surface area contributed by atoms with Gasteiger partial charge in [-0.15, -0.1) is 0 Å². The highest BCUT2D eigenvalue weighted by molar-refractivity contribution is 7.89. The van der Waals surface area contributed by atoms with Gasteiger partial charge in [-0.1, -0.05) is 48.5 Å². The van der Waals surface area contributed by atoms with E-state index in [0.717, 1.165) is 12.0 Å². The van der Waals surface area contributed by atoms with Gasteiger partial charge in [0.15, 0.2) is 0 Å². The number of aromatic nitrogens is 2. The molecule has 0 saturated heterocycles. The van der Waals surface area contributed by atoms with Crippen molar-refractivity contribution in [3.63, 3.8) is 0 Å². The lowest BCUT2D eigenvalue weighted by atomic mass is 10.0. The molecule has 1 aliphatic heterocycles. The van der Waals surface area contributed by atoms with Gasteiger partial charge in [-0.05, 0) is 36.1 Å². The molecule has 0 unspecified atom stereocenters. The van der Waals surface area contributed by atoms with Crippen LogP contribution in [0.15, 0.2) is 51.9 Å². The van der Waals surface area contributed by atoms with Gasteiger partial charge in [0.2, 0.25) is 21.7 Å². The SMILES string of the molecule is CCc1nc(-c2ccc(C)c(S(=O)(=O)N3CCc4ccccc4C3)c2)no1. The Balaban J connectivity index is 1.70. The maximum atomic E-state index is 13.3. The Kier molecular flexibility index (Phi) is 4.57. The molecule has 1 aromatic heterocycles. The molecule has 0 spiro atoms. The van der Waals surface area contributed by atoms with Crippen LogP contribution in [0.2, 0.25) is 0 Å². The number of hydrogen-bond acceptors (Lipinski definition) is 5. The monoisotopic (exact) mass is 383 g/mol. The van der Waals surface area contributed by atoms with Crippen LogP contribution < -0.4 is 0 Å². The first-order valence-electron chi connectivity index (χ1n) is 8.99. The van der Waals surface area contributed by atoms with E-state index in [1.807, 2.05) is 38.1 Å². The van der Waals surface area contributed by atoms with Crippen molar-refractivity contribution in [2.45, 2.75) is 38.1 Å². The molecule has 7 heteroatoms. The van der Waals surface area contributed by atoms with Crippen LogP contribution >= 0.6 is 0 Å². The Morgan fingerprint density at radius 1 is 1.15 bits per heavy atom. The van der Waals surface area contributed by atoms with Gasteiger partial charge in [-0.25, -0.2) is 8.42 Å². The van der Waals surface area contributed by atoms with E-state index in [1.165, 1.54) is 5.56 Å². The van der Waals surface area contributed by atoms with Crippen molar-refractivity contribution in [3.05, 3.63) is 65.0 Å². The predicted octanol–water partition coefficient (Wildman–Crippen LogP) is 3.35. The van der Waals surface area contributed by atoms with Gasteiger partial charge in [-0.2, -0.15) is 9.29 Å². The first-order chi connectivity index (χ1) is 13.0. The molecule has 4 rings (SSSR count). The highest BCUT2D eigenvalue weighted by Gasteiger charge is 2.30. The number of hydrogen-bond donors (Lipinski definition) is 0. The molecular weight excluding hydrogens is 362 g/mol. The minimum Gasteiger partial charge on any atom is -0.339 e. The summed E-state index contributed by atoms with van der Waals surface area (Å²) < 4.78 is 33.4. The molecule has 27 heavy (non-hydrogen) atoms. The van der Waals surface area contributed by atoms with Crippen molar-refractivity contribution in [2.24, 2.45) is 0 Å². The molecule has 1 aliphatic rings. The Bertz CT molecular complexity index is 1090. The van der Waals surface area contributed by atoms with E-state index in [1.54, 1.807) is 16.4 Å². The molecular formula is C20H21N3O3S. The molecule has 0 amide bonds. The highest BCUT2D eigenvalue weighted by atomic mass is 32.2. The van der Waals surface area contributed by atoms with Crippen molar-refractivity contribution < 1.29 is 12.9 Å². The molecule has 0 aliphatic carbocycles. The number of fused-ring (bicyclic) bond motifs is 1. The molecule has 0 atom stereocenters. The second kappa shape index (κ2) is 6.90. The van der Waals surface area contributed by atoms with Crippen LogP contribution in [0.5, 0.6) is 0 Å². The first-order valence-corrected chi connectivity index (χ1v) is 10.4. The van der Waals surface area contributed by atoms with E-state index < -0.39 is 10.0 Å². The fourth-order valence-electron chi connectivity index (χ4n) is 3.35. The summed E-state index contributed by atoms with van der Waals surface area (Å²) >= 11 is 0. The van der Waals surface area contributed by atoms with Gasteiger partial charge < -0.3 is 4.52 Å². The summed E-state index contributed by atoms with van der Waals surface area (Å²) in [4.78, 5) is 4.60. The molecule has 0 bridgehead atoms. The number of nitrogens with zero attached hydrogens (tertiary/aromatic N) is 3. The topological polar surface area (TPSA) is 76.3 Å². The minimum atomic E-state index is -3.62. The van der Waals surface area contributed by atoms with Crippen molar-refractivity contribution in [1.82, 2.24) is 14.4 Å². The van der Waals surface area contributed by atoms with Crippen LogP contribution in [0, 0.1) is 6.92 Å². The van der Waals surface area contributed by atoms with E-state index in [0.29, 0.717) is 47.2 Å². The van der Waals surface area contributed by atoms with Crippen LogP contribution in [0.4, 0.5) is 0 Å². The van der Waals surface area contributed by atoms with Gasteiger partial charge in [0.25, 0.3) is 0 Å². The summed E-state index contributed by atoms with van der Waals surface area (Å²) in [6.07, 6.45) is 1.36. The Morgan fingerprint density at radius 2 is 1.93 bits per heavy atom. The standard InChI is InChI=1S/C20H21N3O3S/c1-3-19-21-20(22-26-19)16-9-8-14(2)18(12-16)27(24,25)23-11-10-15-6-4-5-7-17(15)13-23/h4-9,12H,3,10-11,13H2,1-2H3. The molecule has 3 aromatic rings. The Morgan fingerprint density at radius 3 is 2.67 bits per heavy atom. The zero-order chi connectivity index (χ0) is 19.0. The summed E-state index contributed by atoms with van der Waals surface area (Å²) in [5.41, 5.74) is 3.62. The molecule has 0 radical (unpaired) electrons. The predicted molar refractivity (Wildman–Crippen MR) is 102 cm³/mol. The lowest BCUT2D eigenvalue weighted by Crippen LogP contribution is -2.36. The van der Waals surface area contributed by atoms with E-state index in [4.69, 9.17) is 4.52 Å². The normalized spacial score (nSPS) is 14.9. The summed E-state index contributed by atoms with van der Waals surface area (Å²) in [6, 6.07) is 13.3. The van der Waals surface area contributed by atoms with Crippen LogP contribution in [-0.4, -0.2) is 29.4 Å². The third-order valence-electron chi connectivity index (χ3n) is 4.93. The van der Waals surface area contributed by atoms with Crippen molar-refractivity contribution >= 4 is 10.0 Å². The number of benzene rings is 2. The van der Waals surface area contributed by atoms with Gasteiger partial charge in [0, 0.05) is 25.1 Å². The smallest absolute Gasteiger partial charge is 0.243 e. The summed E-state index contributed by atoms with van der Waals surface area (Å²) in [5, 5.41) is 3.96. The zero-order valence-electron chi connectivity index (χ0n) is 15.3. The summed E-state index contributed by atoms with van der Waals surface area (Å²) in [5.74, 6) is 0.940. The lowest BCUT2D eigenvalue weighted by molar-refractivity contribution is 0.382. The summed E-state index contributed by atoms with van der Waals surface area (Å²) in [7, 11) is -3.62. The van der Waals surface area contributed by atoms with Crippen LogP contribution in [0.3, 0.4) is 0 Å². The maximum Gasteiger partial charge on any atom is 0.243 e. The quantitative estimate of drug-likeness (QED) is 0.690. The first kappa shape index (κ1) is 17.9. The van der Waals surface area contributed by atoms with E-state index in [-0.39, 0.29) is 0 Å². The molecule has 140 valence electrons. The fourth-order valence-corrected chi connectivity index (χ4v) is 5.02. The third-order valence-corrected chi connectivity index (χ3v) is 6.92. The van der Waals surface area contributed by atoms with E-state index in [9.17, 15) is 8.42 Å². The van der Waals surface area contributed by atoms with E-state index >= 15 is 0 Å². The third kappa shape index (κ3) is 3.28. The van der Waals surface area contributed by atoms with Crippen molar-refractivity contribution in [3.8, 4) is 11.4 Å². The van der Waals surface area contributed by atoms with Gasteiger partial charge in [0.1, 0.15) is 0 Å². The molecule has 2 aromatic carbocycles. The van der Waals surface area contributed by atoms with Gasteiger partial charge in [-0.3, -0.25) is 0 Å². The average Bonchev–Trinajstić information content (AvgIpc) is 3.17. The Labute approximate surface area is 158 Å².